The molecule has 1 aliphatic heterocycles. The average molecular weight is 397 g/mol. The molecule has 8 nitrogen and oxygen atoms in total. The molecule has 3 aromatic rings. The Morgan fingerprint density at radius 1 is 1.03 bits per heavy atom. The zero-order valence-corrected chi connectivity index (χ0v) is 17.4. The van der Waals surface area contributed by atoms with E-state index in [-0.39, 0.29) is 11.2 Å². The van der Waals surface area contributed by atoms with Gasteiger partial charge in [-0.05, 0) is 25.0 Å². The molecule has 0 radical (unpaired) electrons. The largest absolute Gasteiger partial charge is 0.379 e. The summed E-state index contributed by atoms with van der Waals surface area (Å²) in [5.74, 6) is 0.793. The SMILES string of the molecule is Cc1ccc(C)c(Cn2c(CN3CCOCC3)nc3c2c(=O)n(C)c(=O)n3C)c1. The molecule has 1 aliphatic rings. The summed E-state index contributed by atoms with van der Waals surface area (Å²) in [7, 11) is 3.18. The van der Waals surface area contributed by atoms with Crippen LogP contribution in [0.15, 0.2) is 27.8 Å². The molecule has 154 valence electrons. The molecule has 0 saturated carbocycles. The van der Waals surface area contributed by atoms with E-state index >= 15 is 0 Å². The number of rotatable bonds is 4. The molecule has 0 N–H and O–H groups in total. The Morgan fingerprint density at radius 2 is 1.76 bits per heavy atom. The minimum absolute atomic E-state index is 0.311. The molecule has 4 rings (SSSR count). The Labute approximate surface area is 169 Å². The first kappa shape index (κ1) is 19.6. The summed E-state index contributed by atoms with van der Waals surface area (Å²) in [6.07, 6.45) is 0. The van der Waals surface area contributed by atoms with Crippen molar-refractivity contribution in [2.45, 2.75) is 26.9 Å². The zero-order chi connectivity index (χ0) is 20.7. The summed E-state index contributed by atoms with van der Waals surface area (Å²) in [4.78, 5) is 32.5. The van der Waals surface area contributed by atoms with E-state index in [4.69, 9.17) is 9.72 Å². The van der Waals surface area contributed by atoms with Crippen LogP contribution in [0.1, 0.15) is 22.5 Å². The lowest BCUT2D eigenvalue weighted by Gasteiger charge is -2.26. The maximum atomic E-state index is 13.0. The van der Waals surface area contributed by atoms with Crippen LogP contribution in [0.4, 0.5) is 0 Å². The van der Waals surface area contributed by atoms with E-state index in [0.29, 0.717) is 37.5 Å². The van der Waals surface area contributed by atoms with Gasteiger partial charge in [0.05, 0.1) is 19.8 Å². The van der Waals surface area contributed by atoms with Gasteiger partial charge in [0, 0.05) is 33.7 Å². The fraction of sp³-hybridized carbons (Fsp3) is 0.476. The summed E-state index contributed by atoms with van der Waals surface area (Å²) in [6.45, 7) is 8.31. The van der Waals surface area contributed by atoms with E-state index in [1.54, 1.807) is 7.05 Å². The molecule has 0 spiro atoms. The van der Waals surface area contributed by atoms with Crippen LogP contribution < -0.4 is 11.2 Å². The molecule has 2 aromatic heterocycles. The Kier molecular flexibility index (Phi) is 5.14. The molecule has 29 heavy (non-hydrogen) atoms. The highest BCUT2D eigenvalue weighted by molar-refractivity contribution is 5.71. The van der Waals surface area contributed by atoms with Gasteiger partial charge in [0.15, 0.2) is 11.2 Å². The number of aryl methyl sites for hydroxylation is 3. The molecule has 1 aromatic carbocycles. The van der Waals surface area contributed by atoms with Crippen molar-refractivity contribution in [3.05, 3.63) is 61.6 Å². The number of imidazole rings is 1. The fourth-order valence-electron chi connectivity index (χ4n) is 3.88. The Morgan fingerprint density at radius 3 is 2.48 bits per heavy atom. The summed E-state index contributed by atoms with van der Waals surface area (Å²) < 4.78 is 10.0. The predicted octanol–water partition coefficient (Wildman–Crippen LogP) is 0.931. The van der Waals surface area contributed by atoms with E-state index in [9.17, 15) is 9.59 Å². The van der Waals surface area contributed by atoms with Crippen LogP contribution >= 0.6 is 0 Å². The lowest BCUT2D eigenvalue weighted by Crippen LogP contribution is -2.38. The third-order valence-electron chi connectivity index (χ3n) is 5.73. The van der Waals surface area contributed by atoms with Crippen molar-refractivity contribution in [2.75, 3.05) is 26.3 Å². The van der Waals surface area contributed by atoms with Crippen molar-refractivity contribution in [1.29, 1.82) is 0 Å². The molecule has 8 heteroatoms. The normalized spacial score (nSPS) is 15.3. The van der Waals surface area contributed by atoms with Crippen molar-refractivity contribution in [2.24, 2.45) is 14.1 Å². The van der Waals surface area contributed by atoms with Gasteiger partial charge < -0.3 is 9.30 Å². The number of morpholine rings is 1. The molecule has 3 heterocycles. The molecule has 1 saturated heterocycles. The van der Waals surface area contributed by atoms with E-state index < -0.39 is 0 Å². The number of benzene rings is 1. The molecule has 0 unspecified atom stereocenters. The molecule has 0 bridgehead atoms. The van der Waals surface area contributed by atoms with Crippen LogP contribution in [0.25, 0.3) is 11.2 Å². The van der Waals surface area contributed by atoms with Crippen LogP contribution in [0.5, 0.6) is 0 Å². The fourth-order valence-corrected chi connectivity index (χ4v) is 3.88. The summed E-state index contributed by atoms with van der Waals surface area (Å²) in [5, 5.41) is 0. The van der Waals surface area contributed by atoms with Gasteiger partial charge in [0.2, 0.25) is 0 Å². The van der Waals surface area contributed by atoms with Gasteiger partial charge in [-0.2, -0.15) is 0 Å². The Bertz CT molecular complexity index is 1180. The first-order valence-corrected chi connectivity index (χ1v) is 9.88. The second-order valence-electron chi connectivity index (χ2n) is 7.81. The second-order valence-corrected chi connectivity index (χ2v) is 7.81. The van der Waals surface area contributed by atoms with Crippen LogP contribution in [-0.2, 0) is 31.9 Å². The smallest absolute Gasteiger partial charge is 0.332 e. The summed E-state index contributed by atoms with van der Waals surface area (Å²) >= 11 is 0. The minimum atomic E-state index is -0.364. The van der Waals surface area contributed by atoms with Crippen molar-refractivity contribution in [3.63, 3.8) is 0 Å². The van der Waals surface area contributed by atoms with Gasteiger partial charge in [0.1, 0.15) is 5.82 Å². The van der Waals surface area contributed by atoms with E-state index in [1.807, 2.05) is 4.57 Å². The number of nitrogens with zero attached hydrogens (tertiary/aromatic N) is 5. The van der Waals surface area contributed by atoms with Gasteiger partial charge >= 0.3 is 5.69 Å². The molecular weight excluding hydrogens is 370 g/mol. The number of hydrogen-bond acceptors (Lipinski definition) is 5. The quantitative estimate of drug-likeness (QED) is 0.655. The Balaban J connectivity index is 1.90. The third kappa shape index (κ3) is 3.54. The minimum Gasteiger partial charge on any atom is -0.379 e. The zero-order valence-electron chi connectivity index (χ0n) is 17.4. The number of fused-ring (bicyclic) bond motifs is 1. The molecule has 1 fully saturated rings. The van der Waals surface area contributed by atoms with E-state index in [1.165, 1.54) is 17.2 Å². The molecule has 0 aliphatic carbocycles. The second kappa shape index (κ2) is 7.61. The lowest BCUT2D eigenvalue weighted by atomic mass is 10.1. The van der Waals surface area contributed by atoms with Crippen molar-refractivity contribution in [1.82, 2.24) is 23.6 Å². The van der Waals surface area contributed by atoms with Crippen LogP contribution in [0, 0.1) is 13.8 Å². The van der Waals surface area contributed by atoms with Gasteiger partial charge in [0.25, 0.3) is 5.56 Å². The maximum Gasteiger partial charge on any atom is 0.332 e. The maximum absolute atomic E-state index is 13.0. The van der Waals surface area contributed by atoms with Crippen LogP contribution in [-0.4, -0.2) is 49.9 Å². The first-order valence-electron chi connectivity index (χ1n) is 9.88. The lowest BCUT2D eigenvalue weighted by molar-refractivity contribution is 0.0327. The Hall–Kier alpha value is -2.71. The number of aromatic nitrogens is 4. The van der Waals surface area contributed by atoms with Gasteiger partial charge in [-0.15, -0.1) is 0 Å². The number of hydrogen-bond donors (Lipinski definition) is 0. The molecular formula is C21H27N5O3. The molecule has 0 amide bonds. The van der Waals surface area contributed by atoms with Crippen molar-refractivity contribution in [3.8, 4) is 0 Å². The van der Waals surface area contributed by atoms with Gasteiger partial charge in [-0.3, -0.25) is 18.8 Å². The van der Waals surface area contributed by atoms with E-state index in [0.717, 1.165) is 34.6 Å². The third-order valence-corrected chi connectivity index (χ3v) is 5.73. The van der Waals surface area contributed by atoms with Gasteiger partial charge in [-0.1, -0.05) is 23.8 Å². The number of ether oxygens (including phenoxy) is 1. The van der Waals surface area contributed by atoms with Crippen molar-refractivity contribution < 1.29 is 4.74 Å². The topological polar surface area (TPSA) is 74.3 Å². The standard InChI is InChI=1S/C21H27N5O3/c1-14-5-6-15(2)16(11-14)12-26-17(13-25-7-9-29-10-8-25)22-19-18(26)20(27)24(4)21(28)23(19)3/h5-6,11H,7-10,12-13H2,1-4H3. The predicted molar refractivity (Wildman–Crippen MR) is 111 cm³/mol. The average Bonchev–Trinajstić information content (AvgIpc) is 3.06. The first-order chi connectivity index (χ1) is 13.9. The monoisotopic (exact) mass is 397 g/mol. The van der Waals surface area contributed by atoms with Crippen molar-refractivity contribution >= 4 is 11.2 Å². The summed E-state index contributed by atoms with van der Waals surface area (Å²) in [5.41, 5.74) is 3.71. The van der Waals surface area contributed by atoms with E-state index in [2.05, 4.69) is 36.9 Å². The van der Waals surface area contributed by atoms with Crippen LogP contribution in [0.3, 0.4) is 0 Å². The highest BCUT2D eigenvalue weighted by Crippen LogP contribution is 2.19. The highest BCUT2D eigenvalue weighted by atomic mass is 16.5. The highest BCUT2D eigenvalue weighted by Gasteiger charge is 2.22. The summed E-state index contributed by atoms with van der Waals surface area (Å²) in [6, 6.07) is 6.33. The van der Waals surface area contributed by atoms with Crippen LogP contribution in [0.2, 0.25) is 0 Å². The molecule has 0 atom stereocenters. The van der Waals surface area contributed by atoms with Gasteiger partial charge in [-0.25, -0.2) is 9.78 Å².